The summed E-state index contributed by atoms with van der Waals surface area (Å²) >= 11 is 0. The predicted octanol–water partition coefficient (Wildman–Crippen LogP) is 3.78. The van der Waals surface area contributed by atoms with Gasteiger partial charge in [0.05, 0.1) is 0 Å². The second-order valence-electron chi connectivity index (χ2n) is 5.18. The van der Waals surface area contributed by atoms with Crippen LogP contribution in [0.15, 0.2) is 79.6 Å². The molecule has 140 valence electrons. The van der Waals surface area contributed by atoms with Crippen molar-refractivity contribution in [1.29, 1.82) is 0 Å². The number of aryl methyl sites for hydroxylation is 1. The maximum Gasteiger partial charge on any atom is 0.255 e. The van der Waals surface area contributed by atoms with E-state index in [9.17, 15) is 4.79 Å². The molecule has 2 aromatic rings. The van der Waals surface area contributed by atoms with Crippen LogP contribution in [0.25, 0.3) is 0 Å². The minimum atomic E-state index is -0.238. The number of carbonyl (C=O) groups excluding carboxylic acids is 2. The first kappa shape index (κ1) is 21.4. The molecule has 2 rings (SSSR count). The van der Waals surface area contributed by atoms with Crippen molar-refractivity contribution < 1.29 is 14.3 Å². The Bertz CT molecular complexity index is 812. The summed E-state index contributed by atoms with van der Waals surface area (Å²) in [6, 6.07) is 10.8. The van der Waals surface area contributed by atoms with Crippen molar-refractivity contribution in [3.63, 3.8) is 0 Å². The zero-order valence-electron chi connectivity index (χ0n) is 15.4. The zero-order chi connectivity index (χ0) is 20.1. The molecule has 0 unspecified atom stereocenters. The van der Waals surface area contributed by atoms with E-state index < -0.39 is 0 Å². The van der Waals surface area contributed by atoms with Gasteiger partial charge >= 0.3 is 0 Å². The van der Waals surface area contributed by atoms with E-state index in [1.807, 2.05) is 13.0 Å². The van der Waals surface area contributed by atoms with Gasteiger partial charge < -0.3 is 15.4 Å². The Labute approximate surface area is 159 Å². The molecule has 1 aromatic heterocycles. The van der Waals surface area contributed by atoms with Crippen LogP contribution in [0, 0.1) is 6.92 Å². The number of pyridine rings is 1. The number of nitrogens with one attached hydrogen (secondary N) is 2. The number of aromatic nitrogens is 1. The largest absolute Gasteiger partial charge is 0.457 e. The molecule has 0 saturated heterocycles. The number of hydrogen-bond donors (Lipinski definition) is 2. The molecule has 0 fully saturated rings. The van der Waals surface area contributed by atoms with Crippen LogP contribution in [0.3, 0.4) is 0 Å². The fourth-order valence-electron chi connectivity index (χ4n) is 1.89. The Morgan fingerprint density at radius 2 is 1.81 bits per heavy atom. The average Bonchev–Trinajstić information content (AvgIpc) is 2.67. The standard InChI is InChI=1S/C19H18N2O2.C2H5NO/c1-4-6-15(5-2)19(22)21-16-7-9-17(10-8-16)23-18-11-12-20-14(3)13-18;1-3-2-4/h4-13H,1-2H2,3H3,(H,21,22);2H,1H3,(H,3,4)/b15-6+;. The lowest BCUT2D eigenvalue weighted by Crippen LogP contribution is -2.12. The molecule has 2 amide bonds. The molecule has 1 aromatic carbocycles. The second-order valence-corrected chi connectivity index (χ2v) is 5.18. The Balaban J connectivity index is 0.000000828. The van der Waals surface area contributed by atoms with Crippen molar-refractivity contribution in [2.24, 2.45) is 0 Å². The van der Waals surface area contributed by atoms with E-state index in [-0.39, 0.29) is 5.91 Å². The Morgan fingerprint density at radius 3 is 2.33 bits per heavy atom. The van der Waals surface area contributed by atoms with Gasteiger partial charge in [-0.1, -0.05) is 31.4 Å². The van der Waals surface area contributed by atoms with Gasteiger partial charge in [0.15, 0.2) is 0 Å². The SMILES string of the molecule is C=C/C=C(\C=C)C(=O)Nc1ccc(Oc2ccnc(C)c2)cc1.CNC=O. The number of anilines is 1. The summed E-state index contributed by atoms with van der Waals surface area (Å²) in [6.45, 7) is 9.08. The summed E-state index contributed by atoms with van der Waals surface area (Å²) in [5.41, 5.74) is 2.01. The number of amides is 2. The third-order valence-corrected chi connectivity index (χ3v) is 3.11. The highest BCUT2D eigenvalue weighted by atomic mass is 16.5. The summed E-state index contributed by atoms with van der Waals surface area (Å²) in [6.07, 6.45) is 6.96. The van der Waals surface area contributed by atoms with Crippen LogP contribution in [0.4, 0.5) is 5.69 Å². The third kappa shape index (κ3) is 7.83. The average molecular weight is 365 g/mol. The summed E-state index contributed by atoms with van der Waals surface area (Å²) in [4.78, 5) is 25.2. The molecule has 0 atom stereocenters. The van der Waals surface area contributed by atoms with E-state index in [4.69, 9.17) is 9.53 Å². The maximum atomic E-state index is 12.0. The smallest absolute Gasteiger partial charge is 0.255 e. The number of nitrogens with zero attached hydrogens (tertiary/aromatic N) is 1. The highest BCUT2D eigenvalue weighted by Gasteiger charge is 2.06. The first-order valence-electron chi connectivity index (χ1n) is 8.12. The Kier molecular flexibility index (Phi) is 9.35. The Hall–Kier alpha value is -3.67. The van der Waals surface area contributed by atoms with E-state index in [0.29, 0.717) is 23.4 Å². The summed E-state index contributed by atoms with van der Waals surface area (Å²) in [5, 5.41) is 5.04. The molecular weight excluding hydrogens is 342 g/mol. The van der Waals surface area contributed by atoms with Crippen LogP contribution in [0.5, 0.6) is 11.5 Å². The quantitative estimate of drug-likeness (QED) is 0.444. The van der Waals surface area contributed by atoms with Gasteiger partial charge in [-0.15, -0.1) is 0 Å². The summed E-state index contributed by atoms with van der Waals surface area (Å²) in [5.74, 6) is 1.16. The van der Waals surface area contributed by atoms with E-state index in [0.717, 1.165) is 11.4 Å². The molecule has 0 saturated carbocycles. The van der Waals surface area contributed by atoms with Crippen molar-refractivity contribution in [2.45, 2.75) is 6.92 Å². The molecule has 27 heavy (non-hydrogen) atoms. The Morgan fingerprint density at radius 1 is 1.15 bits per heavy atom. The molecule has 2 N–H and O–H groups in total. The summed E-state index contributed by atoms with van der Waals surface area (Å²) < 4.78 is 5.73. The molecule has 0 radical (unpaired) electrons. The lowest BCUT2D eigenvalue weighted by atomic mass is 10.2. The normalized spacial score (nSPS) is 9.93. The van der Waals surface area contributed by atoms with Gasteiger partial charge in [-0.25, -0.2) is 0 Å². The van der Waals surface area contributed by atoms with Gasteiger partial charge in [-0.2, -0.15) is 0 Å². The number of carbonyl (C=O) groups is 2. The third-order valence-electron chi connectivity index (χ3n) is 3.11. The number of rotatable bonds is 7. The monoisotopic (exact) mass is 365 g/mol. The van der Waals surface area contributed by atoms with Crippen LogP contribution in [0.2, 0.25) is 0 Å². The molecular formula is C21H23N3O3. The number of allylic oxidation sites excluding steroid dienone is 2. The number of hydrogen-bond acceptors (Lipinski definition) is 4. The van der Waals surface area contributed by atoms with Gasteiger partial charge in [0.2, 0.25) is 6.41 Å². The molecule has 0 spiro atoms. The molecule has 0 aliphatic rings. The summed E-state index contributed by atoms with van der Waals surface area (Å²) in [7, 11) is 1.56. The molecule has 0 aliphatic heterocycles. The minimum Gasteiger partial charge on any atom is -0.457 e. The molecule has 0 aliphatic carbocycles. The highest BCUT2D eigenvalue weighted by molar-refractivity contribution is 6.05. The van der Waals surface area contributed by atoms with Gasteiger partial charge in [0, 0.05) is 36.3 Å². The molecule has 6 heteroatoms. The first-order valence-corrected chi connectivity index (χ1v) is 8.12. The van der Waals surface area contributed by atoms with Crippen molar-refractivity contribution in [3.8, 4) is 11.5 Å². The van der Waals surface area contributed by atoms with Gasteiger partial charge in [-0.3, -0.25) is 14.6 Å². The van der Waals surface area contributed by atoms with Crippen molar-refractivity contribution in [1.82, 2.24) is 10.3 Å². The van der Waals surface area contributed by atoms with E-state index in [1.165, 1.54) is 6.08 Å². The second kappa shape index (κ2) is 11.8. The maximum absolute atomic E-state index is 12.0. The van der Waals surface area contributed by atoms with Crippen molar-refractivity contribution in [2.75, 3.05) is 12.4 Å². The van der Waals surface area contributed by atoms with Crippen molar-refractivity contribution >= 4 is 18.0 Å². The lowest BCUT2D eigenvalue weighted by Gasteiger charge is -2.08. The first-order chi connectivity index (χ1) is 13.0. The van der Waals surface area contributed by atoms with Gasteiger partial charge in [0.25, 0.3) is 5.91 Å². The van der Waals surface area contributed by atoms with Crippen LogP contribution in [0.1, 0.15) is 5.69 Å². The van der Waals surface area contributed by atoms with Crippen LogP contribution < -0.4 is 15.4 Å². The van der Waals surface area contributed by atoms with Crippen molar-refractivity contribution in [3.05, 3.63) is 85.2 Å². The fraction of sp³-hybridized carbons (Fsp3) is 0.0952. The molecule has 6 nitrogen and oxygen atoms in total. The lowest BCUT2D eigenvalue weighted by molar-refractivity contribution is -0.112. The topological polar surface area (TPSA) is 80.3 Å². The van der Waals surface area contributed by atoms with E-state index in [2.05, 4.69) is 28.8 Å². The van der Waals surface area contributed by atoms with E-state index >= 15 is 0 Å². The van der Waals surface area contributed by atoms with Crippen LogP contribution >= 0.6 is 0 Å². The van der Waals surface area contributed by atoms with Gasteiger partial charge in [-0.05, 0) is 37.3 Å². The van der Waals surface area contributed by atoms with E-state index in [1.54, 1.807) is 55.7 Å². The van der Waals surface area contributed by atoms with Gasteiger partial charge in [0.1, 0.15) is 11.5 Å². The van der Waals surface area contributed by atoms with Crippen LogP contribution in [-0.2, 0) is 9.59 Å². The fourth-order valence-corrected chi connectivity index (χ4v) is 1.89. The predicted molar refractivity (Wildman–Crippen MR) is 108 cm³/mol. The molecule has 0 bridgehead atoms. The van der Waals surface area contributed by atoms with Crippen LogP contribution in [-0.4, -0.2) is 24.3 Å². The zero-order valence-corrected chi connectivity index (χ0v) is 15.4. The number of ether oxygens (including phenoxy) is 1. The highest BCUT2D eigenvalue weighted by Crippen LogP contribution is 2.23. The number of benzene rings is 1. The minimum absolute atomic E-state index is 0.238. The molecule has 1 heterocycles.